The molecule has 3 rings (SSSR count). The van der Waals surface area contributed by atoms with Gasteiger partial charge in [0.15, 0.2) is 5.78 Å². The zero-order chi connectivity index (χ0) is 19.2. The fourth-order valence-electron chi connectivity index (χ4n) is 3.36. The number of ether oxygens (including phenoxy) is 1. The Morgan fingerprint density at radius 3 is 2.78 bits per heavy atom. The third kappa shape index (κ3) is 4.71. The number of hydrogen-bond acceptors (Lipinski definition) is 5. The van der Waals surface area contributed by atoms with E-state index in [-0.39, 0.29) is 30.6 Å². The number of amides is 1. The Hall–Kier alpha value is -2.73. The topological polar surface area (TPSA) is 62.7 Å². The second kappa shape index (κ2) is 8.77. The largest absolute Gasteiger partial charge is 0.497 e. The van der Waals surface area contributed by atoms with Crippen LogP contribution in [-0.4, -0.2) is 60.3 Å². The van der Waals surface area contributed by atoms with E-state index in [1.54, 1.807) is 31.6 Å². The van der Waals surface area contributed by atoms with Crippen LogP contribution in [0.3, 0.4) is 0 Å². The first-order chi connectivity index (χ1) is 13.1. The summed E-state index contributed by atoms with van der Waals surface area (Å²) >= 11 is 0. The van der Waals surface area contributed by atoms with Gasteiger partial charge in [-0.2, -0.15) is 0 Å². The number of ketones is 1. The van der Waals surface area contributed by atoms with Gasteiger partial charge >= 0.3 is 0 Å². The first-order valence-corrected chi connectivity index (χ1v) is 9.13. The van der Waals surface area contributed by atoms with Gasteiger partial charge in [0.2, 0.25) is 5.91 Å². The predicted octanol–water partition coefficient (Wildman–Crippen LogP) is 2.57. The molecule has 1 aliphatic heterocycles. The third-order valence-corrected chi connectivity index (χ3v) is 5.03. The van der Waals surface area contributed by atoms with Gasteiger partial charge in [0.1, 0.15) is 5.75 Å². The fraction of sp³-hybridized carbons (Fsp3) is 0.381. The number of likely N-dealkylation sites (N-methyl/N-ethyl adjacent to an activating group) is 1. The van der Waals surface area contributed by atoms with Crippen molar-refractivity contribution in [3.63, 3.8) is 0 Å². The minimum Gasteiger partial charge on any atom is -0.497 e. The number of hydrogen-bond donors (Lipinski definition) is 0. The van der Waals surface area contributed by atoms with Crippen molar-refractivity contribution in [3.8, 4) is 5.75 Å². The summed E-state index contributed by atoms with van der Waals surface area (Å²) in [6, 6.07) is 11.5. The Bertz CT molecular complexity index is 794. The molecule has 0 N–H and O–H groups in total. The molecule has 0 radical (unpaired) electrons. The van der Waals surface area contributed by atoms with Crippen LogP contribution in [0.15, 0.2) is 48.8 Å². The van der Waals surface area contributed by atoms with Crippen LogP contribution in [-0.2, 0) is 4.79 Å². The molecule has 1 saturated heterocycles. The smallest absolute Gasteiger partial charge is 0.223 e. The molecule has 27 heavy (non-hydrogen) atoms. The van der Waals surface area contributed by atoms with Gasteiger partial charge in [-0.15, -0.1) is 0 Å². The van der Waals surface area contributed by atoms with Gasteiger partial charge in [0, 0.05) is 50.4 Å². The van der Waals surface area contributed by atoms with E-state index >= 15 is 0 Å². The molecule has 2 aromatic rings. The predicted molar refractivity (Wildman–Crippen MR) is 103 cm³/mol. The summed E-state index contributed by atoms with van der Waals surface area (Å²) in [5.74, 6) is 0.787. The van der Waals surface area contributed by atoms with Gasteiger partial charge in [-0.05, 0) is 36.9 Å². The zero-order valence-corrected chi connectivity index (χ0v) is 15.8. The van der Waals surface area contributed by atoms with Crippen molar-refractivity contribution in [1.82, 2.24) is 14.8 Å². The van der Waals surface area contributed by atoms with Gasteiger partial charge in [0.25, 0.3) is 0 Å². The molecule has 142 valence electrons. The SMILES string of the molecule is COc1cccc(C2CN(C(=O)CCC(=O)c3cccnc3)CCN2C)c1. The van der Waals surface area contributed by atoms with Crippen LogP contribution in [0.25, 0.3) is 0 Å². The van der Waals surface area contributed by atoms with Crippen molar-refractivity contribution in [1.29, 1.82) is 0 Å². The first-order valence-electron chi connectivity index (χ1n) is 9.13. The lowest BCUT2D eigenvalue weighted by Gasteiger charge is -2.39. The average molecular weight is 367 g/mol. The summed E-state index contributed by atoms with van der Waals surface area (Å²) in [5, 5.41) is 0. The van der Waals surface area contributed by atoms with E-state index in [2.05, 4.69) is 23.0 Å². The zero-order valence-electron chi connectivity index (χ0n) is 15.8. The quantitative estimate of drug-likeness (QED) is 0.735. The molecule has 1 atom stereocenters. The molecule has 1 unspecified atom stereocenters. The van der Waals surface area contributed by atoms with E-state index < -0.39 is 0 Å². The van der Waals surface area contributed by atoms with Gasteiger partial charge in [-0.1, -0.05) is 12.1 Å². The van der Waals surface area contributed by atoms with Crippen LogP contribution in [0.2, 0.25) is 0 Å². The van der Waals surface area contributed by atoms with Crippen LogP contribution < -0.4 is 4.74 Å². The second-order valence-electron chi connectivity index (χ2n) is 6.78. The Morgan fingerprint density at radius 1 is 1.19 bits per heavy atom. The van der Waals surface area contributed by atoms with Gasteiger partial charge < -0.3 is 9.64 Å². The standard InChI is InChI=1S/C21H25N3O3/c1-23-11-12-24(15-19(23)16-5-3-7-18(13-16)27-2)21(26)9-8-20(25)17-6-4-10-22-14-17/h3-7,10,13-14,19H,8-9,11-12,15H2,1-2H3. The van der Waals surface area contributed by atoms with Crippen LogP contribution in [0.5, 0.6) is 5.75 Å². The fourth-order valence-corrected chi connectivity index (χ4v) is 3.36. The Morgan fingerprint density at radius 2 is 2.04 bits per heavy atom. The van der Waals surface area contributed by atoms with Crippen LogP contribution in [0.1, 0.15) is 34.8 Å². The lowest BCUT2D eigenvalue weighted by molar-refractivity contribution is -0.134. The molecule has 1 aromatic heterocycles. The summed E-state index contributed by atoms with van der Waals surface area (Å²) in [6.07, 6.45) is 3.61. The number of pyridine rings is 1. The Balaban J connectivity index is 1.61. The number of carbonyl (C=O) groups is 2. The summed E-state index contributed by atoms with van der Waals surface area (Å²) in [7, 11) is 3.72. The molecule has 6 heteroatoms. The minimum atomic E-state index is -0.0464. The van der Waals surface area contributed by atoms with E-state index in [1.807, 2.05) is 23.1 Å². The molecule has 1 aliphatic rings. The van der Waals surface area contributed by atoms with E-state index in [0.29, 0.717) is 18.7 Å². The molecule has 1 aromatic carbocycles. The van der Waals surface area contributed by atoms with Crippen molar-refractivity contribution in [3.05, 3.63) is 59.9 Å². The van der Waals surface area contributed by atoms with Crippen LogP contribution in [0, 0.1) is 0 Å². The van der Waals surface area contributed by atoms with E-state index in [9.17, 15) is 9.59 Å². The third-order valence-electron chi connectivity index (χ3n) is 5.03. The number of piperazine rings is 1. The number of benzene rings is 1. The highest BCUT2D eigenvalue weighted by atomic mass is 16.5. The van der Waals surface area contributed by atoms with E-state index in [4.69, 9.17) is 4.74 Å². The number of aromatic nitrogens is 1. The Kier molecular flexibility index (Phi) is 6.19. The van der Waals surface area contributed by atoms with Gasteiger partial charge in [0.05, 0.1) is 13.2 Å². The lowest BCUT2D eigenvalue weighted by atomic mass is 10.0. The maximum Gasteiger partial charge on any atom is 0.223 e. The maximum absolute atomic E-state index is 12.7. The number of carbonyl (C=O) groups excluding carboxylic acids is 2. The van der Waals surface area contributed by atoms with Crippen molar-refractivity contribution >= 4 is 11.7 Å². The second-order valence-corrected chi connectivity index (χ2v) is 6.78. The highest BCUT2D eigenvalue weighted by molar-refractivity contribution is 5.97. The highest BCUT2D eigenvalue weighted by Gasteiger charge is 2.28. The van der Waals surface area contributed by atoms with Gasteiger partial charge in [-0.25, -0.2) is 0 Å². The molecule has 0 aliphatic carbocycles. The van der Waals surface area contributed by atoms with Crippen molar-refractivity contribution in [2.75, 3.05) is 33.8 Å². The van der Waals surface area contributed by atoms with E-state index in [0.717, 1.165) is 17.9 Å². The number of methoxy groups -OCH3 is 1. The molecule has 6 nitrogen and oxygen atoms in total. The summed E-state index contributed by atoms with van der Waals surface area (Å²) in [4.78, 5) is 32.9. The van der Waals surface area contributed by atoms with E-state index in [1.165, 1.54) is 0 Å². The summed E-state index contributed by atoms with van der Waals surface area (Å²) in [6.45, 7) is 2.09. The minimum absolute atomic E-state index is 0.0215. The number of rotatable bonds is 6. The molecule has 1 amide bonds. The normalized spacial score (nSPS) is 17.6. The molecule has 0 bridgehead atoms. The first kappa shape index (κ1) is 19.0. The molecule has 2 heterocycles. The van der Waals surface area contributed by atoms with Gasteiger partial charge in [-0.3, -0.25) is 19.5 Å². The summed E-state index contributed by atoms with van der Waals surface area (Å²) < 4.78 is 5.32. The molecular formula is C21H25N3O3. The molecule has 0 spiro atoms. The van der Waals surface area contributed by atoms with Crippen LogP contribution in [0.4, 0.5) is 0 Å². The monoisotopic (exact) mass is 367 g/mol. The average Bonchev–Trinajstić information content (AvgIpc) is 2.72. The lowest BCUT2D eigenvalue weighted by Crippen LogP contribution is -2.49. The molecule has 1 fully saturated rings. The number of nitrogens with zero attached hydrogens (tertiary/aromatic N) is 3. The Labute approximate surface area is 159 Å². The van der Waals surface area contributed by atoms with Crippen LogP contribution >= 0.6 is 0 Å². The van der Waals surface area contributed by atoms with Crippen molar-refractivity contribution < 1.29 is 14.3 Å². The molecular weight excluding hydrogens is 342 g/mol. The van der Waals surface area contributed by atoms with Crippen molar-refractivity contribution in [2.45, 2.75) is 18.9 Å². The number of Topliss-reactive ketones (excluding diaryl/α,β-unsaturated/α-hetero) is 1. The summed E-state index contributed by atoms with van der Waals surface area (Å²) in [5.41, 5.74) is 1.68. The maximum atomic E-state index is 12.7. The highest BCUT2D eigenvalue weighted by Crippen LogP contribution is 2.27. The van der Waals surface area contributed by atoms with Crippen molar-refractivity contribution in [2.24, 2.45) is 0 Å². The molecule has 0 saturated carbocycles.